The van der Waals surface area contributed by atoms with Gasteiger partial charge in [-0.3, -0.25) is 9.59 Å². The van der Waals surface area contributed by atoms with Gasteiger partial charge in [0.15, 0.2) is 0 Å². The first-order valence-electron chi connectivity index (χ1n) is 7.96. The summed E-state index contributed by atoms with van der Waals surface area (Å²) < 4.78 is 35.6. The zero-order chi connectivity index (χ0) is 19.6. The van der Waals surface area contributed by atoms with Gasteiger partial charge in [0.05, 0.1) is 10.5 Å². The third-order valence-corrected chi connectivity index (χ3v) is 4.97. The third kappa shape index (κ3) is 4.21. The summed E-state index contributed by atoms with van der Waals surface area (Å²) in [4.78, 5) is 27.1. The number of H-pyrrole nitrogens is 1. The fourth-order valence-electron chi connectivity index (χ4n) is 2.66. The van der Waals surface area contributed by atoms with E-state index in [0.29, 0.717) is 17.3 Å². The fraction of sp³-hybridized carbons (Fsp3) is 0.111. The van der Waals surface area contributed by atoms with Gasteiger partial charge in [-0.2, -0.15) is 0 Å². The summed E-state index contributed by atoms with van der Waals surface area (Å²) in [7, 11) is -3.75. The first-order chi connectivity index (χ1) is 12.8. The molecule has 1 heterocycles. The molecule has 0 bridgehead atoms. The van der Waals surface area contributed by atoms with Crippen LogP contribution in [0.2, 0.25) is 0 Å². The number of Topliss-reactive ketones (excluding diaryl/α,β-unsaturated/α-hetero) is 1. The highest BCUT2D eigenvalue weighted by atomic mass is 32.2. The van der Waals surface area contributed by atoms with Gasteiger partial charge in [0.2, 0.25) is 10.0 Å². The van der Waals surface area contributed by atoms with Crippen molar-refractivity contribution in [1.29, 1.82) is 0 Å². The average molecular weight is 389 g/mol. The molecule has 0 atom stereocenters. The van der Waals surface area contributed by atoms with Crippen LogP contribution >= 0.6 is 0 Å². The Morgan fingerprint density at radius 2 is 1.81 bits per heavy atom. The third-order valence-electron chi connectivity index (χ3n) is 4.05. The second-order valence-electron chi connectivity index (χ2n) is 5.92. The van der Waals surface area contributed by atoms with E-state index in [-0.39, 0.29) is 17.0 Å². The lowest BCUT2D eigenvalue weighted by Gasteiger charge is -2.05. The molecule has 4 N–H and O–H groups in total. The molecule has 9 heteroatoms. The maximum Gasteiger partial charge on any atom is 0.292 e. The molecule has 2 aromatic carbocycles. The number of nitrogens with two attached hydrogens (primary N) is 1. The first kappa shape index (κ1) is 18.7. The Balaban J connectivity index is 1.61. The van der Waals surface area contributed by atoms with Gasteiger partial charge in [0.25, 0.3) is 11.7 Å². The van der Waals surface area contributed by atoms with Gasteiger partial charge in [-0.25, -0.2) is 17.9 Å². The highest BCUT2D eigenvalue weighted by Crippen LogP contribution is 2.19. The molecule has 1 aromatic heterocycles. The van der Waals surface area contributed by atoms with Crippen molar-refractivity contribution in [3.05, 3.63) is 65.6 Å². The largest absolute Gasteiger partial charge is 0.360 e. The second-order valence-corrected chi connectivity index (χ2v) is 7.48. The van der Waals surface area contributed by atoms with Crippen molar-refractivity contribution < 1.29 is 22.4 Å². The molecule has 27 heavy (non-hydrogen) atoms. The van der Waals surface area contributed by atoms with Crippen LogP contribution in [0, 0.1) is 5.82 Å². The van der Waals surface area contributed by atoms with E-state index in [1.165, 1.54) is 36.5 Å². The van der Waals surface area contributed by atoms with Crippen LogP contribution in [0.1, 0.15) is 15.9 Å². The maximum atomic E-state index is 13.2. The van der Waals surface area contributed by atoms with Crippen LogP contribution in [0.3, 0.4) is 0 Å². The van der Waals surface area contributed by atoms with E-state index in [1.807, 2.05) is 0 Å². The van der Waals surface area contributed by atoms with Gasteiger partial charge in [0.1, 0.15) is 5.82 Å². The van der Waals surface area contributed by atoms with E-state index in [0.717, 1.165) is 5.56 Å². The van der Waals surface area contributed by atoms with Gasteiger partial charge >= 0.3 is 0 Å². The van der Waals surface area contributed by atoms with E-state index in [4.69, 9.17) is 5.14 Å². The monoisotopic (exact) mass is 389 g/mol. The average Bonchev–Trinajstić information content (AvgIpc) is 3.03. The lowest BCUT2D eigenvalue weighted by atomic mass is 10.1. The van der Waals surface area contributed by atoms with Crippen LogP contribution in [0.5, 0.6) is 0 Å². The molecule has 0 radical (unpaired) electrons. The van der Waals surface area contributed by atoms with E-state index in [9.17, 15) is 22.4 Å². The van der Waals surface area contributed by atoms with Crippen LogP contribution in [0.15, 0.2) is 53.6 Å². The summed E-state index contributed by atoms with van der Waals surface area (Å²) in [5, 5.41) is 8.02. The molecule has 3 rings (SSSR count). The van der Waals surface area contributed by atoms with E-state index in [1.54, 1.807) is 12.1 Å². The molecular weight excluding hydrogens is 373 g/mol. The smallest absolute Gasteiger partial charge is 0.292 e. The highest BCUT2D eigenvalue weighted by molar-refractivity contribution is 7.89. The van der Waals surface area contributed by atoms with Crippen molar-refractivity contribution in [3.8, 4) is 0 Å². The summed E-state index contributed by atoms with van der Waals surface area (Å²) in [5.41, 5.74) is 1.37. The fourth-order valence-corrected chi connectivity index (χ4v) is 3.17. The molecule has 3 aromatic rings. The lowest BCUT2D eigenvalue weighted by Crippen LogP contribution is -2.32. The summed E-state index contributed by atoms with van der Waals surface area (Å²) >= 11 is 0. The van der Waals surface area contributed by atoms with Crippen LogP contribution in [-0.2, 0) is 21.2 Å². The number of carbonyl (C=O) groups excluding carboxylic acids is 2. The van der Waals surface area contributed by atoms with Crippen LogP contribution < -0.4 is 10.5 Å². The molecule has 0 aliphatic rings. The number of benzene rings is 2. The summed E-state index contributed by atoms with van der Waals surface area (Å²) in [6.07, 6.45) is 1.78. The van der Waals surface area contributed by atoms with Gasteiger partial charge in [-0.05, 0) is 42.3 Å². The Morgan fingerprint density at radius 3 is 2.48 bits per heavy atom. The van der Waals surface area contributed by atoms with E-state index in [2.05, 4.69) is 10.3 Å². The Hall–Kier alpha value is -3.04. The van der Waals surface area contributed by atoms with Crippen LogP contribution in [0.25, 0.3) is 10.9 Å². The van der Waals surface area contributed by atoms with Crippen molar-refractivity contribution in [2.24, 2.45) is 5.14 Å². The van der Waals surface area contributed by atoms with Crippen LogP contribution in [-0.4, -0.2) is 31.6 Å². The number of carbonyl (C=O) groups is 2. The lowest BCUT2D eigenvalue weighted by molar-refractivity contribution is -0.116. The molecule has 0 unspecified atom stereocenters. The van der Waals surface area contributed by atoms with E-state index < -0.39 is 27.5 Å². The zero-order valence-electron chi connectivity index (χ0n) is 14.0. The zero-order valence-corrected chi connectivity index (χ0v) is 14.8. The Labute approximate surface area is 154 Å². The molecule has 0 spiro atoms. The number of sulfonamides is 1. The summed E-state index contributed by atoms with van der Waals surface area (Å²) in [5.74, 6) is -1.94. The van der Waals surface area contributed by atoms with Crippen molar-refractivity contribution in [1.82, 2.24) is 10.3 Å². The molecule has 0 aliphatic carbocycles. The molecule has 0 aliphatic heterocycles. The standard InChI is InChI=1S/C18H16FN3O4S/c19-12-3-6-14-15(10-22-16(14)9-12)17(23)18(24)21-8-7-11-1-4-13(5-2-11)27(20,25)26/h1-6,9-10,22H,7-8H2,(H,21,24)(H2,20,25,26). The molecule has 7 nitrogen and oxygen atoms in total. The summed E-state index contributed by atoms with van der Waals surface area (Å²) in [6, 6.07) is 9.83. The van der Waals surface area contributed by atoms with Crippen molar-refractivity contribution in [2.75, 3.05) is 6.54 Å². The molecule has 1 amide bonds. The quantitative estimate of drug-likeness (QED) is 0.437. The number of rotatable bonds is 6. The van der Waals surface area contributed by atoms with E-state index >= 15 is 0 Å². The van der Waals surface area contributed by atoms with Gasteiger partial charge in [-0.1, -0.05) is 12.1 Å². The summed E-state index contributed by atoms with van der Waals surface area (Å²) in [6.45, 7) is 0.191. The van der Waals surface area contributed by atoms with Crippen molar-refractivity contribution >= 4 is 32.6 Å². The molecular formula is C18H16FN3O4S. The van der Waals surface area contributed by atoms with Crippen LogP contribution in [0.4, 0.5) is 4.39 Å². The molecule has 0 saturated carbocycles. The minimum Gasteiger partial charge on any atom is -0.360 e. The highest BCUT2D eigenvalue weighted by Gasteiger charge is 2.19. The van der Waals surface area contributed by atoms with Gasteiger partial charge in [-0.15, -0.1) is 0 Å². The van der Waals surface area contributed by atoms with Gasteiger partial charge < -0.3 is 10.3 Å². The minimum absolute atomic E-state index is 0.00114. The predicted molar refractivity (Wildman–Crippen MR) is 97.1 cm³/mol. The molecule has 140 valence electrons. The predicted octanol–water partition coefficient (Wildman–Crippen LogP) is 1.50. The van der Waals surface area contributed by atoms with Crippen molar-refractivity contribution in [2.45, 2.75) is 11.3 Å². The Morgan fingerprint density at radius 1 is 1.11 bits per heavy atom. The Kier molecular flexibility index (Phi) is 5.06. The number of halogens is 1. The maximum absolute atomic E-state index is 13.2. The second kappa shape index (κ2) is 7.29. The van der Waals surface area contributed by atoms with Gasteiger partial charge in [0, 0.05) is 23.6 Å². The SMILES string of the molecule is NS(=O)(=O)c1ccc(CCNC(=O)C(=O)c2c[nH]c3cc(F)ccc23)cc1. The number of primary sulfonamides is 1. The topological polar surface area (TPSA) is 122 Å². The number of nitrogens with one attached hydrogen (secondary N) is 2. The molecule has 0 saturated heterocycles. The first-order valence-corrected chi connectivity index (χ1v) is 9.51. The van der Waals surface area contributed by atoms with Crippen molar-refractivity contribution in [3.63, 3.8) is 0 Å². The number of hydrogen-bond donors (Lipinski definition) is 3. The number of amides is 1. The number of aromatic amines is 1. The number of aromatic nitrogens is 1. The Bertz CT molecular complexity index is 1120. The number of ketones is 1. The number of hydrogen-bond acceptors (Lipinski definition) is 4. The normalized spacial score (nSPS) is 11.5. The number of fused-ring (bicyclic) bond motifs is 1. The molecule has 0 fully saturated rings. The minimum atomic E-state index is -3.75.